The Morgan fingerprint density at radius 3 is 2.54 bits per heavy atom. The molecule has 0 spiro atoms. The SMILES string of the molecule is CCNC(=O)c1ccc(NC(=O)c2sc3ncn(C)c(=O)c3c2C)cc1. The standard InChI is InChI=1S/C18H18N4O3S/c1-4-19-15(23)11-5-7-12(8-6-11)21-16(24)14-10(2)13-17(26-14)20-9-22(3)18(13)25/h5-9H,4H2,1-3H3,(H,19,23)(H,21,24). The maximum Gasteiger partial charge on any atom is 0.266 e. The van der Waals surface area contributed by atoms with Gasteiger partial charge < -0.3 is 15.2 Å². The lowest BCUT2D eigenvalue weighted by atomic mass is 10.2. The van der Waals surface area contributed by atoms with Crippen molar-refractivity contribution in [2.45, 2.75) is 13.8 Å². The monoisotopic (exact) mass is 370 g/mol. The largest absolute Gasteiger partial charge is 0.352 e. The molecule has 2 aromatic heterocycles. The number of aryl methyl sites for hydroxylation is 2. The van der Waals surface area contributed by atoms with E-state index < -0.39 is 0 Å². The molecule has 2 amide bonds. The second kappa shape index (κ2) is 7.09. The number of amides is 2. The molecule has 26 heavy (non-hydrogen) atoms. The van der Waals surface area contributed by atoms with E-state index in [-0.39, 0.29) is 17.4 Å². The molecule has 0 aliphatic rings. The minimum atomic E-state index is -0.307. The van der Waals surface area contributed by atoms with Gasteiger partial charge in [-0.15, -0.1) is 11.3 Å². The minimum Gasteiger partial charge on any atom is -0.352 e. The zero-order chi connectivity index (χ0) is 18.8. The highest BCUT2D eigenvalue weighted by Gasteiger charge is 2.19. The zero-order valence-corrected chi connectivity index (χ0v) is 15.4. The van der Waals surface area contributed by atoms with Gasteiger partial charge in [-0.25, -0.2) is 4.98 Å². The van der Waals surface area contributed by atoms with E-state index in [1.54, 1.807) is 38.2 Å². The predicted octanol–water partition coefficient (Wildman–Crippen LogP) is 2.31. The van der Waals surface area contributed by atoms with Gasteiger partial charge in [0.25, 0.3) is 17.4 Å². The molecule has 0 bridgehead atoms. The Balaban J connectivity index is 1.86. The second-order valence-corrected chi connectivity index (χ2v) is 6.79. The highest BCUT2D eigenvalue weighted by atomic mass is 32.1. The van der Waals surface area contributed by atoms with Crippen LogP contribution in [0.1, 0.15) is 32.5 Å². The van der Waals surface area contributed by atoms with Crippen LogP contribution in [-0.2, 0) is 7.05 Å². The lowest BCUT2D eigenvalue weighted by Crippen LogP contribution is -2.22. The number of aromatic nitrogens is 2. The van der Waals surface area contributed by atoms with Crippen LogP contribution in [0.2, 0.25) is 0 Å². The van der Waals surface area contributed by atoms with E-state index in [0.717, 1.165) is 0 Å². The Morgan fingerprint density at radius 2 is 1.88 bits per heavy atom. The predicted molar refractivity (Wildman–Crippen MR) is 102 cm³/mol. The molecule has 0 unspecified atom stereocenters. The zero-order valence-electron chi connectivity index (χ0n) is 14.6. The minimum absolute atomic E-state index is 0.160. The molecule has 0 atom stereocenters. The molecule has 0 saturated heterocycles. The first-order valence-corrected chi connectivity index (χ1v) is 8.88. The topological polar surface area (TPSA) is 93.1 Å². The number of nitrogens with zero attached hydrogens (tertiary/aromatic N) is 2. The van der Waals surface area contributed by atoms with Crippen molar-refractivity contribution in [1.82, 2.24) is 14.9 Å². The maximum absolute atomic E-state index is 12.6. The molecule has 2 heterocycles. The van der Waals surface area contributed by atoms with Crippen LogP contribution >= 0.6 is 11.3 Å². The summed E-state index contributed by atoms with van der Waals surface area (Å²) in [5, 5.41) is 5.98. The number of rotatable bonds is 4. The highest BCUT2D eigenvalue weighted by Crippen LogP contribution is 2.27. The summed E-state index contributed by atoms with van der Waals surface area (Å²) in [5.41, 5.74) is 1.54. The molecule has 8 heteroatoms. The van der Waals surface area contributed by atoms with E-state index in [0.29, 0.717) is 38.5 Å². The van der Waals surface area contributed by atoms with Gasteiger partial charge in [0.2, 0.25) is 0 Å². The van der Waals surface area contributed by atoms with Crippen molar-refractivity contribution in [2.24, 2.45) is 7.05 Å². The fraction of sp³-hybridized carbons (Fsp3) is 0.222. The number of hydrogen-bond donors (Lipinski definition) is 2. The van der Waals surface area contributed by atoms with Crippen LogP contribution in [0.4, 0.5) is 5.69 Å². The molecular weight excluding hydrogens is 352 g/mol. The molecule has 0 saturated carbocycles. The summed E-state index contributed by atoms with van der Waals surface area (Å²) in [6.45, 7) is 4.15. The van der Waals surface area contributed by atoms with Crippen LogP contribution in [0.15, 0.2) is 35.4 Å². The van der Waals surface area contributed by atoms with Gasteiger partial charge in [-0.2, -0.15) is 0 Å². The van der Waals surface area contributed by atoms with Crippen molar-refractivity contribution in [1.29, 1.82) is 0 Å². The quantitative estimate of drug-likeness (QED) is 0.737. The second-order valence-electron chi connectivity index (χ2n) is 5.79. The number of hydrogen-bond acceptors (Lipinski definition) is 5. The number of thiophene rings is 1. The fourth-order valence-corrected chi connectivity index (χ4v) is 3.62. The molecule has 7 nitrogen and oxygen atoms in total. The summed E-state index contributed by atoms with van der Waals surface area (Å²) in [6, 6.07) is 6.64. The van der Waals surface area contributed by atoms with Crippen molar-refractivity contribution in [3.05, 3.63) is 57.0 Å². The number of anilines is 1. The van der Waals surface area contributed by atoms with Crippen LogP contribution in [0, 0.1) is 6.92 Å². The average molecular weight is 370 g/mol. The number of carbonyl (C=O) groups excluding carboxylic acids is 2. The number of nitrogens with one attached hydrogen (secondary N) is 2. The number of fused-ring (bicyclic) bond motifs is 1. The summed E-state index contributed by atoms with van der Waals surface area (Å²) in [5.74, 6) is -0.467. The van der Waals surface area contributed by atoms with Gasteiger partial charge in [-0.1, -0.05) is 0 Å². The summed E-state index contributed by atoms with van der Waals surface area (Å²) in [4.78, 5) is 41.8. The van der Waals surface area contributed by atoms with E-state index in [9.17, 15) is 14.4 Å². The average Bonchev–Trinajstić information content (AvgIpc) is 2.96. The molecular formula is C18H18N4O3S. The van der Waals surface area contributed by atoms with E-state index in [2.05, 4.69) is 15.6 Å². The summed E-state index contributed by atoms with van der Waals surface area (Å²) < 4.78 is 1.39. The van der Waals surface area contributed by atoms with E-state index in [1.807, 2.05) is 6.92 Å². The Labute approximate surface area is 153 Å². The summed E-state index contributed by atoms with van der Waals surface area (Å²) in [7, 11) is 1.63. The van der Waals surface area contributed by atoms with Crippen molar-refractivity contribution in [3.8, 4) is 0 Å². The molecule has 1 aromatic carbocycles. The van der Waals surface area contributed by atoms with Crippen LogP contribution in [0.3, 0.4) is 0 Å². The van der Waals surface area contributed by atoms with Gasteiger partial charge in [-0.3, -0.25) is 14.4 Å². The number of carbonyl (C=O) groups is 2. The molecule has 2 N–H and O–H groups in total. The van der Waals surface area contributed by atoms with Crippen molar-refractivity contribution in [2.75, 3.05) is 11.9 Å². The first-order chi connectivity index (χ1) is 12.4. The van der Waals surface area contributed by atoms with Crippen LogP contribution in [0.5, 0.6) is 0 Å². The Kier molecular flexibility index (Phi) is 4.85. The van der Waals surface area contributed by atoms with Gasteiger partial charge in [0.1, 0.15) is 4.83 Å². The van der Waals surface area contributed by atoms with Gasteiger partial charge in [-0.05, 0) is 43.7 Å². The van der Waals surface area contributed by atoms with Gasteiger partial charge in [0.05, 0.1) is 16.6 Å². The molecule has 134 valence electrons. The molecule has 0 radical (unpaired) electrons. The van der Waals surface area contributed by atoms with Crippen molar-refractivity contribution < 1.29 is 9.59 Å². The third kappa shape index (κ3) is 3.23. The Bertz CT molecular complexity index is 1050. The van der Waals surface area contributed by atoms with Gasteiger partial charge in [0.15, 0.2) is 0 Å². The molecule has 3 aromatic rings. The third-order valence-corrected chi connectivity index (χ3v) is 5.16. The van der Waals surface area contributed by atoms with Gasteiger partial charge >= 0.3 is 0 Å². The van der Waals surface area contributed by atoms with Gasteiger partial charge in [0, 0.05) is 24.8 Å². The first-order valence-electron chi connectivity index (χ1n) is 8.06. The third-order valence-electron chi connectivity index (χ3n) is 3.96. The van der Waals surface area contributed by atoms with Crippen LogP contribution < -0.4 is 16.2 Å². The first kappa shape index (κ1) is 17.8. The maximum atomic E-state index is 12.6. The van der Waals surface area contributed by atoms with E-state index >= 15 is 0 Å². The smallest absolute Gasteiger partial charge is 0.266 e. The molecule has 0 aliphatic carbocycles. The Morgan fingerprint density at radius 1 is 1.19 bits per heavy atom. The highest BCUT2D eigenvalue weighted by molar-refractivity contribution is 7.20. The lowest BCUT2D eigenvalue weighted by molar-refractivity contribution is 0.0955. The molecule has 0 aliphatic heterocycles. The van der Waals surface area contributed by atoms with Crippen LogP contribution in [0.25, 0.3) is 10.2 Å². The van der Waals surface area contributed by atoms with E-state index in [1.165, 1.54) is 22.2 Å². The summed E-state index contributed by atoms with van der Waals surface area (Å²) >= 11 is 1.19. The fourth-order valence-electron chi connectivity index (χ4n) is 2.58. The van der Waals surface area contributed by atoms with Crippen molar-refractivity contribution >= 4 is 39.1 Å². The van der Waals surface area contributed by atoms with Crippen molar-refractivity contribution in [3.63, 3.8) is 0 Å². The number of benzene rings is 1. The normalized spacial score (nSPS) is 10.7. The van der Waals surface area contributed by atoms with Crippen LogP contribution in [-0.4, -0.2) is 27.9 Å². The molecule has 0 fully saturated rings. The summed E-state index contributed by atoms with van der Waals surface area (Å²) in [6.07, 6.45) is 1.45. The molecule has 3 rings (SSSR count). The Hall–Kier alpha value is -3.00. The lowest BCUT2D eigenvalue weighted by Gasteiger charge is -2.06. The van der Waals surface area contributed by atoms with E-state index in [4.69, 9.17) is 0 Å².